The Balaban J connectivity index is 2.25. The Kier molecular flexibility index (Phi) is 3.99. The second kappa shape index (κ2) is 5.70. The number of nitrogens with one attached hydrogen (secondary N) is 2. The number of rotatable bonds is 5. The van der Waals surface area contributed by atoms with Crippen molar-refractivity contribution in [2.24, 2.45) is 0 Å². The number of nitrogens with zero attached hydrogens (tertiary/aromatic N) is 1. The van der Waals surface area contributed by atoms with Gasteiger partial charge in [0.1, 0.15) is 17.3 Å². The number of benzene rings is 1. The highest BCUT2D eigenvalue weighted by molar-refractivity contribution is 5.63. The maximum Gasteiger partial charge on any atom is 0.142 e. The van der Waals surface area contributed by atoms with Crippen LogP contribution in [0.2, 0.25) is 0 Å². The largest absolute Gasteiger partial charge is 0.508 e. The maximum atomic E-state index is 9.72. The maximum absolute atomic E-state index is 9.72. The highest BCUT2D eigenvalue weighted by atomic mass is 16.3. The van der Waals surface area contributed by atoms with E-state index in [0.717, 1.165) is 5.56 Å². The van der Waals surface area contributed by atoms with Gasteiger partial charge in [0.15, 0.2) is 0 Å². The zero-order valence-electron chi connectivity index (χ0n) is 11.2. The van der Waals surface area contributed by atoms with Crippen LogP contribution in [0, 0.1) is 6.92 Å². The lowest BCUT2D eigenvalue weighted by Gasteiger charge is -2.18. The van der Waals surface area contributed by atoms with Gasteiger partial charge in [-0.15, -0.1) is 0 Å². The van der Waals surface area contributed by atoms with Crippen molar-refractivity contribution in [3.63, 3.8) is 0 Å². The number of aromatic amines is 1. The molecule has 8 N–H and O–H groups in total. The molecule has 108 valence electrons. The molecule has 1 atom stereocenters. The minimum Gasteiger partial charge on any atom is -0.508 e. The molecule has 0 bridgehead atoms. The predicted molar refractivity (Wildman–Crippen MR) is 78.3 cm³/mol. The average Bonchev–Trinajstić information content (AvgIpc) is 2.74. The van der Waals surface area contributed by atoms with Crippen LogP contribution in [0.1, 0.15) is 23.7 Å². The van der Waals surface area contributed by atoms with Gasteiger partial charge in [0.25, 0.3) is 0 Å². The lowest BCUT2D eigenvalue weighted by atomic mass is 10.1. The zero-order chi connectivity index (χ0) is 14.7. The van der Waals surface area contributed by atoms with Crippen molar-refractivity contribution in [3.8, 4) is 5.75 Å². The fourth-order valence-electron chi connectivity index (χ4n) is 1.95. The number of nitrogen functional groups attached to an aromatic ring is 2. The molecule has 0 aliphatic carbocycles. The molecule has 7 heteroatoms. The Morgan fingerprint density at radius 1 is 1.40 bits per heavy atom. The van der Waals surface area contributed by atoms with Gasteiger partial charge >= 0.3 is 0 Å². The molecule has 7 nitrogen and oxygen atoms in total. The second-order valence-corrected chi connectivity index (χ2v) is 4.65. The van der Waals surface area contributed by atoms with Gasteiger partial charge in [-0.1, -0.05) is 6.07 Å². The first-order valence-electron chi connectivity index (χ1n) is 6.29. The first kappa shape index (κ1) is 14.0. The zero-order valence-corrected chi connectivity index (χ0v) is 11.2. The van der Waals surface area contributed by atoms with Gasteiger partial charge in [0.05, 0.1) is 11.7 Å². The number of aromatic hydroxyl groups is 1. The molecule has 0 amide bonds. The van der Waals surface area contributed by atoms with Crippen LogP contribution in [0.4, 0.5) is 17.2 Å². The Hall–Kier alpha value is -2.41. The molecule has 1 aromatic carbocycles. The van der Waals surface area contributed by atoms with Crippen LogP contribution in [0.5, 0.6) is 5.75 Å². The standard InChI is InChI=1S/C13H19N5O2/c1-7-2-3-8(6-10(7)20)16-9(4-5-19)12-11(14)13(15)18-17-12/h2-3,6,9,16,19-20H,4-5,14H2,1H3,(H3,15,17,18). The topological polar surface area (TPSA) is 133 Å². The molecule has 0 aliphatic heterocycles. The van der Waals surface area contributed by atoms with Crippen LogP contribution in [0.3, 0.4) is 0 Å². The van der Waals surface area contributed by atoms with Gasteiger partial charge in [-0.2, -0.15) is 5.10 Å². The normalized spacial score (nSPS) is 12.3. The lowest BCUT2D eigenvalue weighted by Crippen LogP contribution is -2.14. The van der Waals surface area contributed by atoms with Crippen molar-refractivity contribution in [1.82, 2.24) is 10.2 Å². The molecule has 0 radical (unpaired) electrons. The number of aliphatic hydroxyl groups is 1. The summed E-state index contributed by atoms with van der Waals surface area (Å²) in [6.45, 7) is 1.79. The molecular formula is C13H19N5O2. The van der Waals surface area contributed by atoms with Crippen molar-refractivity contribution in [2.45, 2.75) is 19.4 Å². The highest BCUT2D eigenvalue weighted by Gasteiger charge is 2.19. The smallest absolute Gasteiger partial charge is 0.142 e. The van der Waals surface area contributed by atoms with Crippen LogP contribution in [-0.4, -0.2) is 27.0 Å². The third-order valence-electron chi connectivity index (χ3n) is 3.16. The van der Waals surface area contributed by atoms with Crippen molar-refractivity contribution in [3.05, 3.63) is 29.5 Å². The number of phenolic OH excluding ortho intramolecular Hbond substituents is 1. The van der Waals surface area contributed by atoms with E-state index in [4.69, 9.17) is 11.5 Å². The van der Waals surface area contributed by atoms with Gasteiger partial charge in [-0.3, -0.25) is 5.10 Å². The minimum atomic E-state index is -0.296. The van der Waals surface area contributed by atoms with Gasteiger partial charge in [0.2, 0.25) is 0 Å². The molecule has 0 spiro atoms. The third kappa shape index (κ3) is 2.77. The molecule has 0 aliphatic rings. The number of phenols is 1. The van der Waals surface area contributed by atoms with Crippen LogP contribution >= 0.6 is 0 Å². The van der Waals surface area contributed by atoms with Gasteiger partial charge < -0.3 is 27.0 Å². The number of hydrogen-bond donors (Lipinski definition) is 6. The van der Waals surface area contributed by atoms with Crippen LogP contribution in [0.15, 0.2) is 18.2 Å². The number of nitrogens with two attached hydrogens (primary N) is 2. The van der Waals surface area contributed by atoms with E-state index in [9.17, 15) is 10.2 Å². The van der Waals surface area contributed by atoms with Gasteiger partial charge in [-0.05, 0) is 25.0 Å². The fraction of sp³-hybridized carbons (Fsp3) is 0.308. The van der Waals surface area contributed by atoms with Gasteiger partial charge in [-0.25, -0.2) is 0 Å². The lowest BCUT2D eigenvalue weighted by molar-refractivity contribution is 0.279. The molecule has 1 unspecified atom stereocenters. The van der Waals surface area contributed by atoms with E-state index in [0.29, 0.717) is 29.3 Å². The summed E-state index contributed by atoms with van der Waals surface area (Å²) in [5.41, 5.74) is 13.9. The van der Waals surface area contributed by atoms with Crippen LogP contribution < -0.4 is 16.8 Å². The number of H-pyrrole nitrogens is 1. The first-order chi connectivity index (χ1) is 9.52. The summed E-state index contributed by atoms with van der Waals surface area (Å²) in [5.74, 6) is 0.503. The minimum absolute atomic E-state index is 0.0261. The summed E-state index contributed by atoms with van der Waals surface area (Å²) >= 11 is 0. The Bertz CT molecular complexity index is 596. The molecule has 0 saturated heterocycles. The Labute approximate surface area is 116 Å². The van der Waals surface area contributed by atoms with E-state index < -0.39 is 0 Å². The van der Waals surface area contributed by atoms with Crippen molar-refractivity contribution in [2.75, 3.05) is 23.4 Å². The average molecular weight is 277 g/mol. The monoisotopic (exact) mass is 277 g/mol. The molecule has 2 aromatic rings. The first-order valence-corrected chi connectivity index (χ1v) is 6.29. The number of anilines is 3. The Morgan fingerprint density at radius 2 is 2.15 bits per heavy atom. The van der Waals surface area contributed by atoms with E-state index in [1.165, 1.54) is 0 Å². The number of aryl methyl sites for hydroxylation is 1. The van der Waals surface area contributed by atoms with E-state index in [1.54, 1.807) is 12.1 Å². The SMILES string of the molecule is Cc1ccc(NC(CCO)c2n[nH]c(N)c2N)cc1O. The van der Waals surface area contributed by atoms with E-state index in [2.05, 4.69) is 15.5 Å². The van der Waals surface area contributed by atoms with Gasteiger partial charge in [0, 0.05) is 18.4 Å². The summed E-state index contributed by atoms with van der Waals surface area (Å²) in [6, 6.07) is 4.96. The third-order valence-corrected chi connectivity index (χ3v) is 3.16. The summed E-state index contributed by atoms with van der Waals surface area (Å²) in [6.07, 6.45) is 0.420. The Morgan fingerprint density at radius 3 is 2.70 bits per heavy atom. The van der Waals surface area contributed by atoms with Crippen molar-refractivity contribution in [1.29, 1.82) is 0 Å². The molecule has 20 heavy (non-hydrogen) atoms. The second-order valence-electron chi connectivity index (χ2n) is 4.65. The highest BCUT2D eigenvalue weighted by Crippen LogP contribution is 2.30. The quantitative estimate of drug-likeness (QED) is 0.485. The molecule has 1 aromatic heterocycles. The molecule has 0 saturated carbocycles. The van der Waals surface area contributed by atoms with Crippen molar-refractivity contribution >= 4 is 17.2 Å². The summed E-state index contributed by atoms with van der Waals surface area (Å²) < 4.78 is 0. The number of aromatic nitrogens is 2. The van der Waals surface area contributed by atoms with E-state index in [1.807, 2.05) is 13.0 Å². The van der Waals surface area contributed by atoms with E-state index in [-0.39, 0.29) is 18.4 Å². The number of aliphatic hydroxyl groups excluding tert-OH is 1. The predicted octanol–water partition coefficient (Wildman–Crippen LogP) is 1.12. The molecule has 0 fully saturated rings. The van der Waals surface area contributed by atoms with Crippen LogP contribution in [-0.2, 0) is 0 Å². The molecule has 1 heterocycles. The van der Waals surface area contributed by atoms with E-state index >= 15 is 0 Å². The molecule has 2 rings (SSSR count). The van der Waals surface area contributed by atoms with Crippen LogP contribution in [0.25, 0.3) is 0 Å². The summed E-state index contributed by atoms with van der Waals surface area (Å²) in [4.78, 5) is 0. The summed E-state index contributed by atoms with van der Waals surface area (Å²) in [5, 5.41) is 28.7. The number of hydrogen-bond acceptors (Lipinski definition) is 6. The molecular weight excluding hydrogens is 258 g/mol. The summed E-state index contributed by atoms with van der Waals surface area (Å²) in [7, 11) is 0. The fourth-order valence-corrected chi connectivity index (χ4v) is 1.95. The van der Waals surface area contributed by atoms with Crippen molar-refractivity contribution < 1.29 is 10.2 Å².